The van der Waals surface area contributed by atoms with Gasteiger partial charge in [0.05, 0.1) is 17.8 Å². The van der Waals surface area contributed by atoms with Crippen LogP contribution in [-0.4, -0.2) is 17.5 Å². The van der Waals surface area contributed by atoms with Crippen LogP contribution in [0.25, 0.3) is 0 Å². The molecule has 3 heteroatoms. The van der Waals surface area contributed by atoms with Crippen LogP contribution >= 0.6 is 0 Å². The Morgan fingerprint density at radius 3 is 2.71 bits per heavy atom. The molecule has 2 fully saturated rings. The maximum absolute atomic E-state index is 12.0. The molecule has 94 valence electrons. The molecule has 2 aliphatic rings. The van der Waals surface area contributed by atoms with Gasteiger partial charge in [-0.05, 0) is 46.0 Å². The van der Waals surface area contributed by atoms with Crippen molar-refractivity contribution in [3.63, 3.8) is 0 Å². The lowest BCUT2D eigenvalue weighted by molar-refractivity contribution is -0.131. The van der Waals surface area contributed by atoms with Gasteiger partial charge in [0.2, 0.25) is 0 Å². The number of carbonyl (C=O) groups excluding carboxylic acids is 1. The first-order valence-corrected chi connectivity index (χ1v) is 6.60. The molecule has 2 rings (SSSR count). The van der Waals surface area contributed by atoms with Gasteiger partial charge in [-0.3, -0.25) is 4.79 Å². The van der Waals surface area contributed by atoms with E-state index in [0.29, 0.717) is 12.8 Å². The van der Waals surface area contributed by atoms with Gasteiger partial charge < -0.3 is 4.74 Å². The maximum atomic E-state index is 12.0. The van der Waals surface area contributed by atoms with E-state index in [4.69, 9.17) is 4.74 Å². The zero-order chi connectivity index (χ0) is 12.5. The van der Waals surface area contributed by atoms with Gasteiger partial charge >= 0.3 is 0 Å². The van der Waals surface area contributed by atoms with E-state index in [1.54, 1.807) is 0 Å². The van der Waals surface area contributed by atoms with Crippen LogP contribution in [-0.2, 0) is 9.53 Å². The molecule has 0 bridgehead atoms. The Hall–Kier alpha value is -0.880. The lowest BCUT2D eigenvalue weighted by Gasteiger charge is -2.31. The third kappa shape index (κ3) is 2.52. The second-order valence-electron chi connectivity index (χ2n) is 6.07. The van der Waals surface area contributed by atoms with Crippen LogP contribution in [0.3, 0.4) is 0 Å². The summed E-state index contributed by atoms with van der Waals surface area (Å²) in [5.74, 6) is 0.138. The van der Waals surface area contributed by atoms with E-state index in [0.717, 1.165) is 32.1 Å². The fourth-order valence-electron chi connectivity index (χ4n) is 3.08. The van der Waals surface area contributed by atoms with Crippen molar-refractivity contribution >= 4 is 5.78 Å². The van der Waals surface area contributed by atoms with Crippen LogP contribution in [0.1, 0.15) is 58.8 Å². The minimum atomic E-state index is -0.747. The molecule has 1 heterocycles. The van der Waals surface area contributed by atoms with Gasteiger partial charge in [0, 0.05) is 6.42 Å². The molecular formula is C14H21NO2. The standard InChI is InChI=1S/C14H21NO2/c1-13(2)8-6-11(17-13)9-14(10-15)7-4-3-5-12(14)16/h11H,3-9H2,1-2H3. The molecule has 0 aromatic carbocycles. The van der Waals surface area contributed by atoms with E-state index in [1.165, 1.54) is 0 Å². The van der Waals surface area contributed by atoms with E-state index >= 15 is 0 Å². The van der Waals surface area contributed by atoms with Crippen LogP contribution in [0.4, 0.5) is 0 Å². The Morgan fingerprint density at radius 2 is 2.18 bits per heavy atom. The third-order valence-electron chi connectivity index (χ3n) is 4.14. The fourth-order valence-corrected chi connectivity index (χ4v) is 3.08. The zero-order valence-corrected chi connectivity index (χ0v) is 10.8. The summed E-state index contributed by atoms with van der Waals surface area (Å²) in [5, 5.41) is 9.38. The predicted molar refractivity (Wildman–Crippen MR) is 64.3 cm³/mol. The van der Waals surface area contributed by atoms with Gasteiger partial charge in [-0.15, -0.1) is 0 Å². The maximum Gasteiger partial charge on any atom is 0.153 e. The number of ketones is 1. The van der Waals surface area contributed by atoms with Crippen molar-refractivity contribution in [2.24, 2.45) is 5.41 Å². The van der Waals surface area contributed by atoms with E-state index < -0.39 is 5.41 Å². The number of ether oxygens (including phenoxy) is 1. The largest absolute Gasteiger partial charge is 0.372 e. The van der Waals surface area contributed by atoms with Crippen molar-refractivity contribution in [1.82, 2.24) is 0 Å². The second-order valence-corrected chi connectivity index (χ2v) is 6.07. The van der Waals surface area contributed by atoms with Gasteiger partial charge in [0.15, 0.2) is 5.78 Å². The van der Waals surface area contributed by atoms with Gasteiger partial charge in [0.1, 0.15) is 5.41 Å². The highest BCUT2D eigenvalue weighted by molar-refractivity contribution is 5.88. The Morgan fingerprint density at radius 1 is 1.41 bits per heavy atom. The highest BCUT2D eigenvalue weighted by atomic mass is 16.5. The van der Waals surface area contributed by atoms with E-state index in [1.807, 2.05) is 0 Å². The molecule has 0 aromatic heterocycles. The van der Waals surface area contributed by atoms with Crippen molar-refractivity contribution in [3.05, 3.63) is 0 Å². The summed E-state index contributed by atoms with van der Waals surface area (Å²) in [5.41, 5.74) is -0.831. The summed E-state index contributed by atoms with van der Waals surface area (Å²) in [6.45, 7) is 4.16. The second kappa shape index (κ2) is 4.42. The van der Waals surface area contributed by atoms with E-state index in [2.05, 4.69) is 19.9 Å². The van der Waals surface area contributed by atoms with Crippen LogP contribution in [0.15, 0.2) is 0 Å². The molecule has 1 saturated carbocycles. The minimum absolute atomic E-state index is 0.0843. The molecule has 2 atom stereocenters. The van der Waals surface area contributed by atoms with Crippen LogP contribution in [0.2, 0.25) is 0 Å². The Bertz CT molecular complexity index is 356. The van der Waals surface area contributed by atoms with Gasteiger partial charge in [-0.2, -0.15) is 5.26 Å². The molecule has 0 spiro atoms. The molecule has 0 amide bonds. The molecule has 3 nitrogen and oxygen atoms in total. The average Bonchev–Trinajstić information content (AvgIpc) is 2.61. The zero-order valence-electron chi connectivity index (χ0n) is 10.8. The molecule has 0 aromatic rings. The topological polar surface area (TPSA) is 50.1 Å². The van der Waals surface area contributed by atoms with Crippen molar-refractivity contribution < 1.29 is 9.53 Å². The third-order valence-corrected chi connectivity index (χ3v) is 4.14. The Balaban J connectivity index is 2.05. The van der Waals surface area contributed by atoms with E-state index in [9.17, 15) is 10.1 Å². The summed E-state index contributed by atoms with van der Waals surface area (Å²) < 4.78 is 5.92. The number of carbonyl (C=O) groups is 1. The monoisotopic (exact) mass is 235 g/mol. The number of nitrogens with zero attached hydrogens (tertiary/aromatic N) is 1. The van der Waals surface area contributed by atoms with Gasteiger partial charge in [-0.25, -0.2) is 0 Å². The summed E-state index contributed by atoms with van der Waals surface area (Å²) in [7, 11) is 0. The molecule has 1 aliphatic carbocycles. The first-order valence-electron chi connectivity index (χ1n) is 6.60. The number of rotatable bonds is 2. The van der Waals surface area contributed by atoms with Crippen molar-refractivity contribution in [2.45, 2.75) is 70.5 Å². The summed E-state index contributed by atoms with van der Waals surface area (Å²) in [4.78, 5) is 12.0. The number of hydrogen-bond donors (Lipinski definition) is 0. The molecular weight excluding hydrogens is 214 g/mol. The van der Waals surface area contributed by atoms with E-state index in [-0.39, 0.29) is 17.5 Å². The average molecular weight is 235 g/mol. The first-order chi connectivity index (χ1) is 7.97. The number of nitriles is 1. The first kappa shape index (κ1) is 12.6. The molecule has 1 saturated heterocycles. The molecule has 2 unspecified atom stereocenters. The molecule has 17 heavy (non-hydrogen) atoms. The van der Waals surface area contributed by atoms with Crippen LogP contribution in [0, 0.1) is 16.7 Å². The van der Waals surface area contributed by atoms with Crippen molar-refractivity contribution in [1.29, 1.82) is 5.26 Å². The quantitative estimate of drug-likeness (QED) is 0.739. The van der Waals surface area contributed by atoms with Crippen LogP contribution < -0.4 is 0 Å². The number of hydrogen-bond acceptors (Lipinski definition) is 3. The summed E-state index contributed by atoms with van der Waals surface area (Å²) >= 11 is 0. The fraction of sp³-hybridized carbons (Fsp3) is 0.857. The molecule has 0 N–H and O–H groups in total. The SMILES string of the molecule is CC1(C)CCC(CC2(C#N)CCCCC2=O)O1. The lowest BCUT2D eigenvalue weighted by atomic mass is 9.70. The number of Topliss-reactive ketones (excluding diaryl/α,β-unsaturated/α-hetero) is 1. The predicted octanol–water partition coefficient (Wildman–Crippen LogP) is 2.99. The van der Waals surface area contributed by atoms with Crippen molar-refractivity contribution in [2.75, 3.05) is 0 Å². The smallest absolute Gasteiger partial charge is 0.153 e. The van der Waals surface area contributed by atoms with Gasteiger partial charge in [-0.1, -0.05) is 6.42 Å². The van der Waals surface area contributed by atoms with Crippen molar-refractivity contribution in [3.8, 4) is 6.07 Å². The highest BCUT2D eigenvalue weighted by Crippen LogP contribution is 2.41. The summed E-state index contributed by atoms with van der Waals surface area (Å²) in [6, 6.07) is 2.29. The minimum Gasteiger partial charge on any atom is -0.372 e. The normalized spacial score (nSPS) is 36.8. The Labute approximate surface area is 103 Å². The lowest BCUT2D eigenvalue weighted by Crippen LogP contribution is -2.36. The Kier molecular flexibility index (Phi) is 3.27. The molecule has 1 aliphatic heterocycles. The molecule has 0 radical (unpaired) electrons. The van der Waals surface area contributed by atoms with Gasteiger partial charge in [0.25, 0.3) is 0 Å². The summed E-state index contributed by atoms with van der Waals surface area (Å²) in [6.07, 6.45) is 5.93. The van der Waals surface area contributed by atoms with Crippen LogP contribution in [0.5, 0.6) is 0 Å². The highest BCUT2D eigenvalue weighted by Gasteiger charge is 2.44.